The van der Waals surface area contributed by atoms with Crippen LogP contribution in [0.5, 0.6) is 11.5 Å². The first-order valence-electron chi connectivity index (χ1n) is 17.1. The van der Waals surface area contributed by atoms with E-state index in [1.165, 1.54) is 4.90 Å². The smallest absolute Gasteiger partial charge is 0.408 e. The molecule has 2 aliphatic heterocycles. The van der Waals surface area contributed by atoms with Gasteiger partial charge in [-0.3, -0.25) is 9.59 Å². The number of nitrogens with zero attached hydrogens (tertiary/aromatic N) is 2. The van der Waals surface area contributed by atoms with Gasteiger partial charge in [0.1, 0.15) is 40.8 Å². The van der Waals surface area contributed by atoms with E-state index in [1.807, 2.05) is 66.7 Å². The van der Waals surface area contributed by atoms with Gasteiger partial charge in [0.2, 0.25) is 11.8 Å². The number of nitrogens with one attached hydrogen (secondary N) is 2. The first kappa shape index (κ1) is 34.7. The number of amides is 3. The van der Waals surface area contributed by atoms with Crippen molar-refractivity contribution in [2.45, 2.75) is 82.7 Å². The van der Waals surface area contributed by atoms with Crippen LogP contribution in [-0.2, 0) is 23.9 Å². The molecule has 0 spiro atoms. The molecule has 5 atom stereocenters. The van der Waals surface area contributed by atoms with E-state index in [4.69, 9.17) is 23.9 Å². The number of aromatic nitrogens is 1. The Hall–Kier alpha value is -5.13. The van der Waals surface area contributed by atoms with Gasteiger partial charge in [-0.2, -0.15) is 0 Å². The fourth-order valence-electron chi connectivity index (χ4n) is 6.66. The number of alkyl carbamates (subject to hydrolysis) is 1. The quantitative estimate of drug-likeness (QED) is 0.261. The van der Waals surface area contributed by atoms with E-state index in [0.29, 0.717) is 35.6 Å². The summed E-state index contributed by atoms with van der Waals surface area (Å²) in [7, 11) is 1.59. The minimum absolute atomic E-state index is 0.0652. The lowest BCUT2D eigenvalue weighted by atomic mass is 10.1. The lowest BCUT2D eigenvalue weighted by Gasteiger charge is -2.30. The lowest BCUT2D eigenvalue weighted by molar-refractivity contribution is -0.150. The Morgan fingerprint density at radius 2 is 1.88 bits per heavy atom. The van der Waals surface area contributed by atoms with Crippen molar-refractivity contribution in [1.82, 2.24) is 20.5 Å². The Labute approximate surface area is 291 Å². The van der Waals surface area contributed by atoms with E-state index in [2.05, 4.69) is 10.6 Å². The third kappa shape index (κ3) is 7.39. The zero-order chi connectivity index (χ0) is 35.6. The Morgan fingerprint density at radius 1 is 1.10 bits per heavy atom. The zero-order valence-electron chi connectivity index (χ0n) is 29.1. The first-order chi connectivity index (χ1) is 23.9. The summed E-state index contributed by atoms with van der Waals surface area (Å²) in [4.78, 5) is 60.8. The predicted molar refractivity (Wildman–Crippen MR) is 185 cm³/mol. The normalized spacial score (nSPS) is 25.6. The van der Waals surface area contributed by atoms with Gasteiger partial charge in [0.15, 0.2) is 0 Å². The Morgan fingerprint density at radius 3 is 2.60 bits per heavy atom. The maximum Gasteiger partial charge on any atom is 0.408 e. The van der Waals surface area contributed by atoms with Crippen molar-refractivity contribution in [3.63, 3.8) is 0 Å². The molecule has 3 aliphatic rings. The molecule has 2 fully saturated rings. The summed E-state index contributed by atoms with van der Waals surface area (Å²) < 4.78 is 23.0. The average molecular weight is 685 g/mol. The largest absolute Gasteiger partial charge is 0.497 e. The summed E-state index contributed by atoms with van der Waals surface area (Å²) in [5.74, 6) is -0.510. The van der Waals surface area contributed by atoms with Crippen molar-refractivity contribution in [2.24, 2.45) is 5.92 Å². The van der Waals surface area contributed by atoms with E-state index in [1.54, 1.807) is 34.8 Å². The number of hydrogen-bond acceptors (Lipinski definition) is 9. The molecule has 1 saturated carbocycles. The average Bonchev–Trinajstić information content (AvgIpc) is 3.61. The van der Waals surface area contributed by atoms with Crippen LogP contribution in [0.25, 0.3) is 22.2 Å². The van der Waals surface area contributed by atoms with E-state index in [9.17, 15) is 19.2 Å². The highest BCUT2D eigenvalue weighted by Crippen LogP contribution is 2.46. The number of benzene rings is 2. The minimum atomic E-state index is -1.20. The molecule has 2 N–H and O–H groups in total. The van der Waals surface area contributed by atoms with E-state index in [0.717, 1.165) is 10.9 Å². The maximum atomic E-state index is 14.3. The Balaban J connectivity index is 1.34. The molecular weight excluding hydrogens is 640 g/mol. The van der Waals surface area contributed by atoms with Crippen molar-refractivity contribution in [1.29, 1.82) is 0 Å². The number of hydrogen-bond donors (Lipinski definition) is 2. The summed E-state index contributed by atoms with van der Waals surface area (Å²) in [5, 5.41) is 6.43. The summed E-state index contributed by atoms with van der Waals surface area (Å²) >= 11 is 0. The summed E-state index contributed by atoms with van der Waals surface area (Å²) in [6, 6.07) is 15.1. The molecule has 3 amide bonds. The monoisotopic (exact) mass is 684 g/mol. The van der Waals surface area contributed by atoms with Crippen molar-refractivity contribution in [2.75, 3.05) is 20.3 Å². The van der Waals surface area contributed by atoms with Gasteiger partial charge in [0, 0.05) is 35.4 Å². The Bertz CT molecular complexity index is 1810. The van der Waals surface area contributed by atoms with Gasteiger partial charge in [-0.05, 0) is 59.1 Å². The van der Waals surface area contributed by atoms with Crippen LogP contribution < -0.4 is 20.1 Å². The first-order valence-corrected chi connectivity index (χ1v) is 17.1. The van der Waals surface area contributed by atoms with Gasteiger partial charge in [-0.1, -0.05) is 42.5 Å². The summed E-state index contributed by atoms with van der Waals surface area (Å²) in [6.45, 7) is 7.19. The maximum absolute atomic E-state index is 14.3. The fourth-order valence-corrected chi connectivity index (χ4v) is 6.66. The lowest BCUT2D eigenvalue weighted by Crippen LogP contribution is -2.57. The molecule has 50 heavy (non-hydrogen) atoms. The van der Waals surface area contributed by atoms with Crippen LogP contribution in [0.1, 0.15) is 53.4 Å². The van der Waals surface area contributed by atoms with Crippen LogP contribution >= 0.6 is 0 Å². The molecule has 0 radical (unpaired) electrons. The number of methoxy groups -OCH3 is 1. The second kappa shape index (κ2) is 14.0. The van der Waals surface area contributed by atoms with Gasteiger partial charge in [0.05, 0.1) is 31.5 Å². The molecular formula is C38H44N4O8. The highest BCUT2D eigenvalue weighted by atomic mass is 16.6. The summed E-state index contributed by atoms with van der Waals surface area (Å²) in [5.41, 5.74) is 0.261. The van der Waals surface area contributed by atoms with Gasteiger partial charge in [-0.15, -0.1) is 0 Å². The van der Waals surface area contributed by atoms with Crippen molar-refractivity contribution in [3.8, 4) is 22.8 Å². The van der Waals surface area contributed by atoms with E-state index < -0.39 is 53.2 Å². The molecule has 1 aliphatic carbocycles. The molecule has 1 aromatic heterocycles. The second-order valence-electron chi connectivity index (χ2n) is 13.9. The number of ether oxygens (including phenoxy) is 4. The van der Waals surface area contributed by atoms with Crippen LogP contribution in [0.15, 0.2) is 66.7 Å². The van der Waals surface area contributed by atoms with Crippen molar-refractivity contribution in [3.05, 3.63) is 66.7 Å². The third-order valence-corrected chi connectivity index (χ3v) is 9.17. The molecule has 12 nitrogen and oxygen atoms in total. The summed E-state index contributed by atoms with van der Waals surface area (Å²) in [6.07, 6.45) is 3.67. The number of allylic oxidation sites excluding steroid dienone is 1. The van der Waals surface area contributed by atoms with Gasteiger partial charge >= 0.3 is 12.1 Å². The van der Waals surface area contributed by atoms with Crippen LogP contribution in [-0.4, -0.2) is 83.3 Å². The van der Waals surface area contributed by atoms with Crippen LogP contribution in [0.2, 0.25) is 0 Å². The van der Waals surface area contributed by atoms with Gasteiger partial charge in [-0.25, -0.2) is 14.6 Å². The standard InChI is InChI=1S/C38H44N4O8/c1-6-48-35(45)38-21-24(38)14-10-11-15-28(40-36(46)50-37(2,3)4)34(44)42-22-26(19-31(42)33(43)41-38)49-32-20-29(23-12-8-7-9-13-23)39-30-18-25(47-5)16-17-27(30)32/h7-10,12-14,16-18,20,24,26,28,31H,6,11,15,19,21-22H2,1-5H3,(H,40,46)(H,41,43)/b14-10-/t24-,26?,28+,31+,38-/m1/s1. The van der Waals surface area contributed by atoms with Gasteiger partial charge in [0.25, 0.3) is 0 Å². The zero-order valence-corrected chi connectivity index (χ0v) is 29.1. The molecule has 6 rings (SSSR count). The SMILES string of the molecule is CCOC(=O)[C@@]12C[C@H]1/C=C\CC[C@H](NC(=O)OC(C)(C)C)C(=O)N1CC(Oc3cc(-c4ccccc4)nc4cc(OC)ccc34)C[C@H]1C(=O)N2. The molecule has 2 aromatic carbocycles. The van der Waals surface area contributed by atoms with Gasteiger partial charge < -0.3 is 34.5 Å². The molecule has 1 unspecified atom stereocenters. The number of esters is 1. The van der Waals surface area contributed by atoms with Crippen molar-refractivity contribution < 1.29 is 38.1 Å². The molecule has 3 aromatic rings. The number of pyridine rings is 1. The molecule has 1 saturated heterocycles. The minimum Gasteiger partial charge on any atom is -0.497 e. The van der Waals surface area contributed by atoms with E-state index >= 15 is 0 Å². The topological polar surface area (TPSA) is 145 Å². The number of carbonyl (C=O) groups excluding carboxylic acids is 4. The van der Waals surface area contributed by atoms with Crippen LogP contribution in [0.4, 0.5) is 4.79 Å². The van der Waals surface area contributed by atoms with Crippen LogP contribution in [0, 0.1) is 5.92 Å². The fraction of sp³-hybridized carbons (Fsp3) is 0.447. The number of carbonyl (C=O) groups is 4. The highest BCUT2D eigenvalue weighted by molar-refractivity contribution is 5.97. The van der Waals surface area contributed by atoms with E-state index in [-0.39, 0.29) is 31.9 Å². The predicted octanol–water partition coefficient (Wildman–Crippen LogP) is 4.94. The number of fused-ring (bicyclic) bond motifs is 3. The Kier molecular flexibility index (Phi) is 9.73. The van der Waals surface area contributed by atoms with Crippen LogP contribution in [0.3, 0.4) is 0 Å². The second-order valence-corrected chi connectivity index (χ2v) is 13.9. The highest BCUT2D eigenvalue weighted by Gasteiger charge is 2.62. The number of rotatable bonds is 7. The molecule has 3 heterocycles. The molecule has 264 valence electrons. The van der Waals surface area contributed by atoms with Crippen molar-refractivity contribution >= 4 is 34.8 Å². The molecule has 12 heteroatoms. The molecule has 0 bridgehead atoms. The third-order valence-electron chi connectivity index (χ3n) is 9.17.